The SMILES string of the molecule is O=C1COCCOCCNC(=O)[C@@H]2C[C@H](n3cc(CC4CCCCC4)nn3)CN2C(=O)CC2(CCN(Cc3ccccc3)CC2)N1. The molecule has 1 aliphatic carbocycles. The van der Waals surface area contributed by atoms with E-state index in [0.29, 0.717) is 51.5 Å². The number of benzene rings is 1. The quantitative estimate of drug-likeness (QED) is 0.512. The van der Waals surface area contributed by atoms with Crippen LogP contribution >= 0.6 is 0 Å². The summed E-state index contributed by atoms with van der Waals surface area (Å²) in [5.74, 6) is 0.0822. The van der Waals surface area contributed by atoms with E-state index in [1.54, 1.807) is 4.90 Å². The molecule has 1 aromatic heterocycles. The van der Waals surface area contributed by atoms with E-state index < -0.39 is 11.6 Å². The fourth-order valence-electron chi connectivity index (χ4n) is 7.60. The molecule has 2 N–H and O–H groups in total. The number of likely N-dealkylation sites (tertiary alicyclic amines) is 1. The number of piperidine rings is 1. The van der Waals surface area contributed by atoms with Crippen LogP contribution in [0.25, 0.3) is 0 Å². The van der Waals surface area contributed by atoms with Crippen LogP contribution in [0.5, 0.6) is 0 Å². The van der Waals surface area contributed by atoms with Crippen LogP contribution in [-0.4, -0.2) is 107 Å². The van der Waals surface area contributed by atoms with Gasteiger partial charge in [-0.15, -0.1) is 5.10 Å². The fraction of sp³-hybridized carbons (Fsp3) is 0.676. The van der Waals surface area contributed by atoms with Crippen molar-refractivity contribution in [3.63, 3.8) is 0 Å². The molecule has 4 fully saturated rings. The summed E-state index contributed by atoms with van der Waals surface area (Å²) in [4.78, 5) is 44.9. The summed E-state index contributed by atoms with van der Waals surface area (Å²) in [5.41, 5.74) is 1.49. The number of fused-ring (bicyclic) bond motifs is 1. The molecular formula is C34H49N7O5. The second-order valence-corrected chi connectivity index (χ2v) is 13.6. The number of ether oxygens (including phenoxy) is 2. The van der Waals surface area contributed by atoms with Crippen LogP contribution in [0.15, 0.2) is 36.5 Å². The maximum Gasteiger partial charge on any atom is 0.246 e. The molecule has 46 heavy (non-hydrogen) atoms. The number of hydrogen-bond acceptors (Lipinski definition) is 8. The maximum atomic E-state index is 14.2. The van der Waals surface area contributed by atoms with Crippen molar-refractivity contribution in [2.75, 3.05) is 52.6 Å². The summed E-state index contributed by atoms with van der Waals surface area (Å²) < 4.78 is 13.0. The fourth-order valence-corrected chi connectivity index (χ4v) is 7.60. The van der Waals surface area contributed by atoms with E-state index in [9.17, 15) is 14.4 Å². The van der Waals surface area contributed by atoms with Crippen LogP contribution in [0.4, 0.5) is 0 Å². The third-order valence-corrected chi connectivity index (χ3v) is 10.2. The van der Waals surface area contributed by atoms with E-state index in [-0.39, 0.29) is 43.4 Å². The molecule has 2 atom stereocenters. The third-order valence-electron chi connectivity index (χ3n) is 10.2. The lowest BCUT2D eigenvalue weighted by molar-refractivity contribution is -0.141. The lowest BCUT2D eigenvalue weighted by Crippen LogP contribution is -2.58. The van der Waals surface area contributed by atoms with Gasteiger partial charge in [-0.25, -0.2) is 4.68 Å². The summed E-state index contributed by atoms with van der Waals surface area (Å²) in [5, 5.41) is 15.1. The lowest BCUT2D eigenvalue weighted by atomic mass is 9.83. The minimum absolute atomic E-state index is 0.0896. The van der Waals surface area contributed by atoms with Crippen molar-refractivity contribution >= 4 is 17.7 Å². The van der Waals surface area contributed by atoms with Crippen molar-refractivity contribution < 1.29 is 23.9 Å². The first kappa shape index (κ1) is 32.6. The number of nitrogens with zero attached hydrogens (tertiary/aromatic N) is 5. The number of carbonyl (C=O) groups excluding carboxylic acids is 3. The largest absolute Gasteiger partial charge is 0.377 e. The van der Waals surface area contributed by atoms with E-state index >= 15 is 0 Å². The van der Waals surface area contributed by atoms with Gasteiger partial charge in [0, 0.05) is 45.3 Å². The molecular weight excluding hydrogens is 586 g/mol. The van der Waals surface area contributed by atoms with Gasteiger partial charge in [0.05, 0.1) is 43.5 Å². The Kier molecular flexibility index (Phi) is 11.0. The molecule has 3 amide bonds. The zero-order valence-corrected chi connectivity index (χ0v) is 26.9. The first-order valence-corrected chi connectivity index (χ1v) is 17.2. The number of rotatable bonds is 5. The number of hydrogen-bond donors (Lipinski definition) is 2. The number of nitrogens with one attached hydrogen (secondary N) is 2. The van der Waals surface area contributed by atoms with Gasteiger partial charge in [-0.3, -0.25) is 19.3 Å². The summed E-state index contributed by atoms with van der Waals surface area (Å²) in [7, 11) is 0. The van der Waals surface area contributed by atoms with Gasteiger partial charge < -0.3 is 25.0 Å². The highest BCUT2D eigenvalue weighted by atomic mass is 16.5. The van der Waals surface area contributed by atoms with Gasteiger partial charge in [0.25, 0.3) is 0 Å². The van der Waals surface area contributed by atoms with Crippen LogP contribution < -0.4 is 10.6 Å². The molecule has 1 aromatic carbocycles. The average Bonchev–Trinajstić information content (AvgIpc) is 3.72. The normalized spacial score (nSPS) is 26.1. The van der Waals surface area contributed by atoms with Crippen molar-refractivity contribution in [2.45, 2.75) is 88.4 Å². The number of aromatic nitrogens is 3. The summed E-state index contributed by atoms with van der Waals surface area (Å²) in [6, 6.07) is 9.54. The molecule has 1 spiro atoms. The summed E-state index contributed by atoms with van der Waals surface area (Å²) in [6.07, 6.45) is 11.1. The summed E-state index contributed by atoms with van der Waals surface area (Å²) in [6.45, 7) is 3.84. The van der Waals surface area contributed by atoms with Gasteiger partial charge >= 0.3 is 0 Å². The van der Waals surface area contributed by atoms with Crippen LogP contribution in [0.3, 0.4) is 0 Å². The second-order valence-electron chi connectivity index (χ2n) is 13.6. The zero-order chi connectivity index (χ0) is 31.8. The molecule has 12 heteroatoms. The summed E-state index contributed by atoms with van der Waals surface area (Å²) >= 11 is 0. The minimum Gasteiger partial charge on any atom is -0.377 e. The van der Waals surface area contributed by atoms with Crippen molar-refractivity contribution in [1.82, 2.24) is 35.4 Å². The first-order valence-electron chi connectivity index (χ1n) is 17.2. The highest BCUT2D eigenvalue weighted by Crippen LogP contribution is 2.33. The Hall–Kier alpha value is -3.35. The standard InChI is InChI=1S/C34H49N7O5/c42-31-25-46-18-17-45-16-13-35-33(44)30-20-29(41-23-28(37-38-41)19-26-7-3-1-4-8-26)24-40(30)32(43)21-34(36-31)11-14-39(15-12-34)22-27-9-5-2-6-10-27/h2,5-6,9-10,23,26,29-30H,1,3-4,7-8,11-22,24-25H2,(H,35,44)(H,36,42)/t29-,30-/m0/s1. The maximum absolute atomic E-state index is 14.2. The highest BCUT2D eigenvalue weighted by molar-refractivity contribution is 5.89. The Labute approximate surface area is 271 Å². The third kappa shape index (κ3) is 8.51. The van der Waals surface area contributed by atoms with Crippen LogP contribution in [0, 0.1) is 5.92 Å². The molecule has 2 aromatic rings. The average molecular weight is 636 g/mol. The van der Waals surface area contributed by atoms with Crippen LogP contribution in [0.2, 0.25) is 0 Å². The van der Waals surface area contributed by atoms with Crippen molar-refractivity contribution in [1.29, 1.82) is 0 Å². The molecule has 6 rings (SSSR count). The lowest BCUT2D eigenvalue weighted by Gasteiger charge is -2.43. The van der Waals surface area contributed by atoms with Crippen LogP contribution in [0.1, 0.15) is 75.1 Å². The van der Waals surface area contributed by atoms with Crippen LogP contribution in [-0.2, 0) is 36.8 Å². The molecule has 0 bridgehead atoms. The molecule has 0 unspecified atom stereocenters. The van der Waals surface area contributed by atoms with E-state index in [1.165, 1.54) is 37.7 Å². The van der Waals surface area contributed by atoms with Gasteiger partial charge in [-0.1, -0.05) is 67.6 Å². The predicted octanol–water partition coefficient (Wildman–Crippen LogP) is 2.25. The molecule has 12 nitrogen and oxygen atoms in total. The van der Waals surface area contributed by atoms with E-state index in [0.717, 1.165) is 31.7 Å². The molecule has 250 valence electrons. The second kappa shape index (κ2) is 15.5. The predicted molar refractivity (Wildman–Crippen MR) is 171 cm³/mol. The minimum atomic E-state index is -0.724. The molecule has 4 heterocycles. The topological polar surface area (TPSA) is 131 Å². The van der Waals surface area contributed by atoms with Gasteiger partial charge in [-0.2, -0.15) is 0 Å². The number of carbonyl (C=O) groups is 3. The van der Waals surface area contributed by atoms with E-state index in [2.05, 4.69) is 38.0 Å². The molecule has 0 radical (unpaired) electrons. The first-order chi connectivity index (χ1) is 22.5. The highest BCUT2D eigenvalue weighted by Gasteiger charge is 2.45. The monoisotopic (exact) mass is 635 g/mol. The van der Waals surface area contributed by atoms with Crippen molar-refractivity contribution in [2.24, 2.45) is 5.92 Å². The Morgan fingerprint density at radius 3 is 2.54 bits per heavy atom. The van der Waals surface area contributed by atoms with Crippen molar-refractivity contribution in [3.05, 3.63) is 47.8 Å². The molecule has 3 aliphatic heterocycles. The van der Waals surface area contributed by atoms with Gasteiger partial charge in [0.2, 0.25) is 17.7 Å². The smallest absolute Gasteiger partial charge is 0.246 e. The molecule has 4 aliphatic rings. The number of amides is 3. The van der Waals surface area contributed by atoms with E-state index in [1.807, 2.05) is 29.1 Å². The molecule has 3 saturated heterocycles. The zero-order valence-electron chi connectivity index (χ0n) is 26.9. The Morgan fingerprint density at radius 1 is 0.957 bits per heavy atom. The van der Waals surface area contributed by atoms with Gasteiger partial charge in [0.1, 0.15) is 12.6 Å². The van der Waals surface area contributed by atoms with Crippen molar-refractivity contribution in [3.8, 4) is 0 Å². The Morgan fingerprint density at radius 2 is 1.74 bits per heavy atom. The van der Waals surface area contributed by atoms with Gasteiger partial charge in [0.15, 0.2) is 0 Å². The Balaban J connectivity index is 1.17. The molecule has 1 saturated carbocycles. The Bertz CT molecular complexity index is 1310. The van der Waals surface area contributed by atoms with Gasteiger partial charge in [-0.05, 0) is 30.7 Å². The van der Waals surface area contributed by atoms with E-state index in [4.69, 9.17) is 9.47 Å².